The maximum atomic E-state index is 6.72. The van der Waals surface area contributed by atoms with Crippen molar-refractivity contribution in [2.75, 3.05) is 0 Å². The molecule has 6 heteroatoms. The van der Waals surface area contributed by atoms with Gasteiger partial charge in [-0.15, -0.1) is 0 Å². The number of aliphatic imine (C=N–C) groups is 4. The predicted octanol–water partition coefficient (Wildman–Crippen LogP) is 11.9. The first-order valence-electron chi connectivity index (χ1n) is 18.0. The molecule has 6 nitrogen and oxygen atoms in total. The third kappa shape index (κ3) is 10.1. The fraction of sp³-hybridized carbons (Fsp3) is 0.213. The maximum Gasteiger partial charge on any atom is 0.124 e. The normalized spacial score (nSPS) is 12.3. The summed E-state index contributed by atoms with van der Waals surface area (Å²) in [5.74, 6) is 2.00. The van der Waals surface area contributed by atoms with Gasteiger partial charge in [-0.05, 0) is 110 Å². The van der Waals surface area contributed by atoms with Crippen molar-refractivity contribution in [3.8, 4) is 11.1 Å². The molecule has 2 aromatic heterocycles. The summed E-state index contributed by atoms with van der Waals surface area (Å²) in [4.78, 5) is 19.1. The van der Waals surface area contributed by atoms with E-state index in [4.69, 9.17) is 4.42 Å². The standard InChI is InChI=1S/C31H29NO.C7H8N2.C7H10N2.C2H6/c1-5-11-23-19-30(33-29(23)6-2)31(26-17-16-22(20-32-4)18-21(26)3)27-14-9-7-12-24(27)25-13-8-10-15-28(25)31;1-8-6-7-4-2-3-5-9-7;1-3-9-7-5-4-6-8-2;1-2/h5,7-19H,4,6,20H2,1-3H3;2-5H,1,6H2;3-7H,2H2,1H3;1-2H3/b11-5-;;6-4-,7-5-,9-3?;. The van der Waals surface area contributed by atoms with Gasteiger partial charge in [-0.2, -0.15) is 0 Å². The van der Waals surface area contributed by atoms with Crippen molar-refractivity contribution in [3.05, 3.63) is 178 Å². The molecule has 53 heavy (non-hydrogen) atoms. The molecule has 6 rings (SSSR count). The number of pyridine rings is 1. The summed E-state index contributed by atoms with van der Waals surface area (Å²) < 4.78 is 6.72. The number of rotatable bonds is 11. The minimum absolute atomic E-state index is 0.513. The quantitative estimate of drug-likeness (QED) is 0.0995. The highest BCUT2D eigenvalue weighted by Crippen LogP contribution is 2.57. The molecule has 0 spiro atoms. The second-order valence-electron chi connectivity index (χ2n) is 11.7. The highest BCUT2D eigenvalue weighted by atomic mass is 16.3. The van der Waals surface area contributed by atoms with Crippen molar-refractivity contribution in [2.24, 2.45) is 20.0 Å². The van der Waals surface area contributed by atoms with Gasteiger partial charge < -0.3 is 4.42 Å². The zero-order valence-electron chi connectivity index (χ0n) is 32.2. The molecule has 0 radical (unpaired) electrons. The monoisotopic (exact) mass is 703 g/mol. The lowest BCUT2D eigenvalue weighted by molar-refractivity contribution is 0.434. The molecule has 0 unspecified atom stereocenters. The molecule has 0 aliphatic heterocycles. The Morgan fingerprint density at radius 2 is 1.40 bits per heavy atom. The van der Waals surface area contributed by atoms with Crippen LogP contribution < -0.4 is 0 Å². The van der Waals surface area contributed by atoms with Crippen LogP contribution in [0, 0.1) is 6.92 Å². The van der Waals surface area contributed by atoms with E-state index >= 15 is 0 Å². The molecule has 1 aliphatic rings. The van der Waals surface area contributed by atoms with Gasteiger partial charge in [0.15, 0.2) is 0 Å². The van der Waals surface area contributed by atoms with Crippen LogP contribution in [-0.4, -0.2) is 31.4 Å². The first kappa shape index (κ1) is 41.4. The third-order valence-electron chi connectivity index (χ3n) is 8.44. The summed E-state index contributed by atoms with van der Waals surface area (Å²) in [5.41, 5.74) is 10.3. The van der Waals surface area contributed by atoms with E-state index in [-0.39, 0.29) is 0 Å². The van der Waals surface area contributed by atoms with E-state index in [0.29, 0.717) is 13.1 Å². The van der Waals surface area contributed by atoms with Gasteiger partial charge in [0, 0.05) is 36.8 Å². The number of furan rings is 1. The Hall–Kier alpha value is -6.01. The Labute approximate surface area is 316 Å². The highest BCUT2D eigenvalue weighted by molar-refractivity contribution is 5.86. The second kappa shape index (κ2) is 22.0. The van der Waals surface area contributed by atoms with Gasteiger partial charge in [0.1, 0.15) is 16.9 Å². The average Bonchev–Trinajstić information content (AvgIpc) is 3.74. The lowest BCUT2D eigenvalue weighted by Gasteiger charge is -2.32. The topological polar surface area (TPSA) is 75.5 Å². The SMILES string of the molecule is C=N/C=C\C=C/N=CC.C=NCc1ccc(C2(c3cc(/C=C\C)c(CC)o3)c3ccccc3-c3ccccc32)c(C)c1.C=NCc1ccccn1.CC. The predicted molar refractivity (Wildman–Crippen MR) is 229 cm³/mol. The fourth-order valence-corrected chi connectivity index (χ4v) is 6.42. The van der Waals surface area contributed by atoms with E-state index in [0.717, 1.165) is 29.2 Å². The van der Waals surface area contributed by atoms with E-state index in [2.05, 4.69) is 151 Å². The summed E-state index contributed by atoms with van der Waals surface area (Å²) in [6.45, 7) is 23.8. The maximum absolute atomic E-state index is 6.72. The number of hydrogen-bond acceptors (Lipinski definition) is 6. The number of allylic oxidation sites excluding steroid dienone is 3. The molecule has 3 aromatic carbocycles. The van der Waals surface area contributed by atoms with E-state index in [1.807, 2.05) is 39.0 Å². The molecule has 0 fully saturated rings. The number of hydrogen-bond donors (Lipinski definition) is 0. The second-order valence-corrected chi connectivity index (χ2v) is 11.7. The van der Waals surface area contributed by atoms with Gasteiger partial charge in [0.2, 0.25) is 0 Å². The highest BCUT2D eigenvalue weighted by Gasteiger charge is 2.49. The molecule has 0 saturated heterocycles. The summed E-state index contributed by atoms with van der Waals surface area (Å²) in [6, 6.07) is 32.2. The first-order valence-corrected chi connectivity index (χ1v) is 18.0. The summed E-state index contributed by atoms with van der Waals surface area (Å²) in [5, 5.41) is 0. The Bertz CT molecular complexity index is 1990. The molecular weight excluding hydrogens is 651 g/mol. The molecule has 272 valence electrons. The van der Waals surface area contributed by atoms with Crippen LogP contribution in [0.3, 0.4) is 0 Å². The fourth-order valence-electron chi connectivity index (χ4n) is 6.42. The summed E-state index contributed by atoms with van der Waals surface area (Å²) >= 11 is 0. The van der Waals surface area contributed by atoms with Crippen LogP contribution in [0.2, 0.25) is 0 Å². The molecule has 0 amide bonds. The van der Waals surface area contributed by atoms with Gasteiger partial charge in [0.05, 0.1) is 18.8 Å². The first-order chi connectivity index (χ1) is 26.0. The van der Waals surface area contributed by atoms with Crippen LogP contribution in [-0.2, 0) is 24.9 Å². The van der Waals surface area contributed by atoms with Gasteiger partial charge in [-0.25, -0.2) is 0 Å². The third-order valence-corrected chi connectivity index (χ3v) is 8.44. The lowest BCUT2D eigenvalue weighted by Crippen LogP contribution is -2.29. The van der Waals surface area contributed by atoms with Crippen molar-refractivity contribution >= 4 is 32.4 Å². The number of benzene rings is 3. The van der Waals surface area contributed by atoms with Crippen LogP contribution in [0.15, 0.2) is 152 Å². The van der Waals surface area contributed by atoms with Crippen molar-refractivity contribution in [2.45, 2.75) is 66.5 Å². The van der Waals surface area contributed by atoms with Crippen molar-refractivity contribution in [1.29, 1.82) is 0 Å². The number of fused-ring (bicyclic) bond motifs is 3. The average molecular weight is 704 g/mol. The minimum atomic E-state index is -0.513. The van der Waals surface area contributed by atoms with Crippen LogP contribution >= 0.6 is 0 Å². The van der Waals surface area contributed by atoms with Gasteiger partial charge in [-0.1, -0.05) is 106 Å². The van der Waals surface area contributed by atoms with E-state index in [9.17, 15) is 0 Å². The Morgan fingerprint density at radius 3 is 1.94 bits per heavy atom. The van der Waals surface area contributed by atoms with Gasteiger partial charge in [-0.3, -0.25) is 25.0 Å². The zero-order chi connectivity index (χ0) is 38.5. The van der Waals surface area contributed by atoms with Crippen LogP contribution in [0.4, 0.5) is 0 Å². The van der Waals surface area contributed by atoms with E-state index < -0.39 is 5.41 Å². The Balaban J connectivity index is 0.000000310. The number of nitrogens with zero attached hydrogens (tertiary/aromatic N) is 5. The zero-order valence-corrected chi connectivity index (χ0v) is 32.2. The van der Waals surface area contributed by atoms with Crippen molar-refractivity contribution in [1.82, 2.24) is 4.98 Å². The smallest absolute Gasteiger partial charge is 0.124 e. The molecule has 2 heterocycles. The van der Waals surface area contributed by atoms with E-state index in [1.165, 1.54) is 38.9 Å². The van der Waals surface area contributed by atoms with Crippen molar-refractivity contribution < 1.29 is 4.42 Å². The van der Waals surface area contributed by atoms with Gasteiger partial charge in [0.25, 0.3) is 0 Å². The van der Waals surface area contributed by atoms with Crippen molar-refractivity contribution in [3.63, 3.8) is 0 Å². The van der Waals surface area contributed by atoms with E-state index in [1.54, 1.807) is 37.0 Å². The molecule has 1 aliphatic carbocycles. The van der Waals surface area contributed by atoms with Crippen LogP contribution in [0.25, 0.3) is 17.2 Å². The molecule has 0 N–H and O–H groups in total. The number of aromatic nitrogens is 1. The lowest BCUT2D eigenvalue weighted by atomic mass is 9.69. The molecular formula is C47H53N5O. The number of aryl methyl sites for hydroxylation is 2. The Morgan fingerprint density at radius 1 is 0.755 bits per heavy atom. The van der Waals surface area contributed by atoms with Crippen LogP contribution in [0.5, 0.6) is 0 Å². The molecule has 0 bridgehead atoms. The summed E-state index contributed by atoms with van der Waals surface area (Å²) in [6.07, 6.45) is 15.4. The molecule has 5 aromatic rings. The molecule has 0 atom stereocenters. The van der Waals surface area contributed by atoms with Crippen LogP contribution in [0.1, 0.15) is 85.2 Å². The Kier molecular flexibility index (Phi) is 17.2. The summed E-state index contributed by atoms with van der Waals surface area (Å²) in [7, 11) is 0. The molecule has 0 saturated carbocycles. The van der Waals surface area contributed by atoms with Gasteiger partial charge >= 0.3 is 0 Å². The minimum Gasteiger partial charge on any atom is -0.464 e. The largest absolute Gasteiger partial charge is 0.464 e.